The van der Waals surface area contributed by atoms with Crippen LogP contribution in [-0.2, 0) is 12.8 Å². The quantitative estimate of drug-likeness (QED) is 0.182. The van der Waals surface area contributed by atoms with E-state index in [9.17, 15) is 5.26 Å². The minimum absolute atomic E-state index is 0.709. The SMILES string of the molecule is [C-]#[N+]c1ccc2c(c1)CCN2c1ccc2ccc3c(N4CCc5cc(C#N)ccc54)ccc4ccc1c2c43. The summed E-state index contributed by atoms with van der Waals surface area (Å²) in [6, 6.07) is 32.5. The van der Waals surface area contributed by atoms with Crippen LogP contribution in [-0.4, -0.2) is 13.1 Å². The molecule has 0 unspecified atom stereocenters. The second kappa shape index (κ2) is 7.72. The van der Waals surface area contributed by atoms with Crippen molar-refractivity contribution in [2.24, 2.45) is 0 Å². The Bertz CT molecular complexity index is 1880. The summed E-state index contributed by atoms with van der Waals surface area (Å²) in [4.78, 5) is 8.46. The third kappa shape index (κ3) is 2.83. The Kier molecular flexibility index (Phi) is 4.28. The van der Waals surface area contributed by atoms with Crippen LogP contribution in [0.5, 0.6) is 0 Å². The standard InChI is InChI=1S/C34H22N4/c1-36-26-7-13-30-25(19-26)15-17-38(30)32-12-6-23-3-8-27-31(11-5-22-4-9-28(32)34(23)33(22)27)37-16-14-24-18-21(20-35)2-10-29(24)37/h2-13,18-19H,14-17H2. The van der Waals surface area contributed by atoms with Crippen LogP contribution < -0.4 is 9.80 Å². The van der Waals surface area contributed by atoms with E-state index in [1.54, 1.807) is 0 Å². The molecule has 0 spiro atoms. The fraction of sp³-hybridized carbons (Fsp3) is 0.118. The molecule has 6 aromatic rings. The Hall–Kier alpha value is -5.06. The van der Waals surface area contributed by atoms with Gasteiger partial charge in [-0.25, -0.2) is 4.85 Å². The minimum atomic E-state index is 0.709. The molecule has 0 atom stereocenters. The van der Waals surface area contributed by atoms with E-state index in [-0.39, 0.29) is 0 Å². The summed E-state index contributed by atoms with van der Waals surface area (Å²) in [7, 11) is 0. The molecule has 2 aliphatic rings. The van der Waals surface area contributed by atoms with E-state index in [2.05, 4.69) is 81.4 Å². The van der Waals surface area contributed by atoms with Gasteiger partial charge in [-0.3, -0.25) is 0 Å². The first kappa shape index (κ1) is 21.1. The van der Waals surface area contributed by atoms with Crippen LogP contribution in [0, 0.1) is 17.9 Å². The lowest BCUT2D eigenvalue weighted by Crippen LogP contribution is -2.14. The van der Waals surface area contributed by atoms with Crippen molar-refractivity contribution in [3.05, 3.63) is 113 Å². The van der Waals surface area contributed by atoms with Gasteiger partial charge in [0.05, 0.1) is 18.2 Å². The van der Waals surface area contributed by atoms with Gasteiger partial charge in [-0.2, -0.15) is 5.26 Å². The maximum atomic E-state index is 9.35. The van der Waals surface area contributed by atoms with Crippen LogP contribution in [0.1, 0.15) is 16.7 Å². The van der Waals surface area contributed by atoms with E-state index in [1.165, 1.54) is 66.2 Å². The molecule has 178 valence electrons. The number of nitrogens with zero attached hydrogens (tertiary/aromatic N) is 4. The van der Waals surface area contributed by atoms with Crippen molar-refractivity contribution in [2.75, 3.05) is 22.9 Å². The predicted molar refractivity (Wildman–Crippen MR) is 155 cm³/mol. The Balaban J connectivity index is 1.33. The lowest BCUT2D eigenvalue weighted by Gasteiger charge is -2.25. The van der Waals surface area contributed by atoms with Gasteiger partial charge in [-0.15, -0.1) is 0 Å². The largest absolute Gasteiger partial charge is 0.341 e. The molecule has 2 aliphatic heterocycles. The molecule has 8 rings (SSSR count). The fourth-order valence-electron chi connectivity index (χ4n) is 6.67. The van der Waals surface area contributed by atoms with Gasteiger partial charge in [0.25, 0.3) is 0 Å². The first-order valence-electron chi connectivity index (χ1n) is 13.0. The fourth-order valence-corrected chi connectivity index (χ4v) is 6.67. The molecule has 0 aromatic heterocycles. The topological polar surface area (TPSA) is 34.6 Å². The summed E-state index contributed by atoms with van der Waals surface area (Å²) >= 11 is 0. The molecule has 0 aliphatic carbocycles. The van der Waals surface area contributed by atoms with Gasteiger partial charge in [-0.05, 0) is 81.9 Å². The number of rotatable bonds is 2. The number of hydrogen-bond donors (Lipinski definition) is 0. The Morgan fingerprint density at radius 2 is 1.16 bits per heavy atom. The maximum absolute atomic E-state index is 9.35. The molecule has 38 heavy (non-hydrogen) atoms. The summed E-state index contributed by atoms with van der Waals surface area (Å²) in [5.74, 6) is 0. The average molecular weight is 487 g/mol. The second-order valence-electron chi connectivity index (χ2n) is 10.3. The molecule has 4 nitrogen and oxygen atoms in total. The van der Waals surface area contributed by atoms with Crippen LogP contribution in [0.25, 0.3) is 37.2 Å². The van der Waals surface area contributed by atoms with Crippen molar-refractivity contribution in [1.82, 2.24) is 0 Å². The highest BCUT2D eigenvalue weighted by atomic mass is 15.2. The zero-order chi connectivity index (χ0) is 25.4. The third-order valence-corrected chi connectivity index (χ3v) is 8.39. The van der Waals surface area contributed by atoms with E-state index >= 15 is 0 Å². The van der Waals surface area contributed by atoms with E-state index in [0.717, 1.165) is 31.5 Å². The average Bonchev–Trinajstić information content (AvgIpc) is 3.59. The number of hydrogen-bond acceptors (Lipinski definition) is 3. The molecule has 0 fully saturated rings. The van der Waals surface area contributed by atoms with E-state index in [0.29, 0.717) is 5.69 Å². The van der Waals surface area contributed by atoms with Crippen molar-refractivity contribution in [2.45, 2.75) is 12.8 Å². The van der Waals surface area contributed by atoms with E-state index in [1.807, 2.05) is 24.3 Å². The van der Waals surface area contributed by atoms with Crippen LogP contribution >= 0.6 is 0 Å². The number of fused-ring (bicyclic) bond motifs is 2. The van der Waals surface area contributed by atoms with Crippen LogP contribution in [0.2, 0.25) is 0 Å². The Morgan fingerprint density at radius 3 is 1.74 bits per heavy atom. The zero-order valence-electron chi connectivity index (χ0n) is 20.7. The summed E-state index contributed by atoms with van der Waals surface area (Å²) in [5, 5.41) is 17.0. The lowest BCUT2D eigenvalue weighted by atomic mass is 9.92. The lowest BCUT2D eigenvalue weighted by molar-refractivity contribution is 1.00. The van der Waals surface area contributed by atoms with Crippen molar-refractivity contribution >= 4 is 60.8 Å². The minimum Gasteiger partial charge on any atom is -0.341 e. The highest BCUT2D eigenvalue weighted by Gasteiger charge is 2.26. The van der Waals surface area contributed by atoms with Gasteiger partial charge < -0.3 is 9.80 Å². The smallest absolute Gasteiger partial charge is 0.187 e. The summed E-state index contributed by atoms with van der Waals surface area (Å²) in [6.07, 6.45) is 1.90. The molecule has 6 aromatic carbocycles. The van der Waals surface area contributed by atoms with Crippen molar-refractivity contribution in [1.29, 1.82) is 5.26 Å². The number of anilines is 4. The summed E-state index contributed by atoms with van der Waals surface area (Å²) < 4.78 is 0. The number of benzene rings is 6. The third-order valence-electron chi connectivity index (χ3n) is 8.39. The summed E-state index contributed by atoms with van der Waals surface area (Å²) in [5.41, 5.74) is 8.78. The molecule has 0 saturated carbocycles. The van der Waals surface area contributed by atoms with Gasteiger partial charge in [0, 0.05) is 46.6 Å². The van der Waals surface area contributed by atoms with Gasteiger partial charge in [0.1, 0.15) is 0 Å². The van der Waals surface area contributed by atoms with Crippen LogP contribution in [0.3, 0.4) is 0 Å². The van der Waals surface area contributed by atoms with Gasteiger partial charge in [-0.1, -0.05) is 48.5 Å². The highest BCUT2D eigenvalue weighted by molar-refractivity contribution is 6.27. The van der Waals surface area contributed by atoms with Crippen molar-refractivity contribution in [3.8, 4) is 6.07 Å². The van der Waals surface area contributed by atoms with Crippen LogP contribution in [0.15, 0.2) is 84.9 Å². The Labute approximate surface area is 220 Å². The van der Waals surface area contributed by atoms with Crippen LogP contribution in [0.4, 0.5) is 28.4 Å². The molecule has 0 amide bonds. The zero-order valence-corrected chi connectivity index (χ0v) is 20.7. The number of nitriles is 1. The van der Waals surface area contributed by atoms with Gasteiger partial charge in [0.15, 0.2) is 5.69 Å². The first-order chi connectivity index (χ1) is 18.7. The molecule has 4 heteroatoms. The van der Waals surface area contributed by atoms with E-state index < -0.39 is 0 Å². The van der Waals surface area contributed by atoms with E-state index in [4.69, 9.17) is 6.57 Å². The monoisotopic (exact) mass is 486 g/mol. The molecule has 0 saturated heterocycles. The van der Waals surface area contributed by atoms with Gasteiger partial charge in [0.2, 0.25) is 0 Å². The van der Waals surface area contributed by atoms with Crippen molar-refractivity contribution in [3.63, 3.8) is 0 Å². The van der Waals surface area contributed by atoms with Gasteiger partial charge >= 0.3 is 0 Å². The molecule has 0 bridgehead atoms. The summed E-state index contributed by atoms with van der Waals surface area (Å²) in [6.45, 7) is 9.21. The maximum Gasteiger partial charge on any atom is 0.187 e. The first-order valence-corrected chi connectivity index (χ1v) is 13.0. The predicted octanol–water partition coefficient (Wildman–Crippen LogP) is 8.39. The molecule has 0 radical (unpaired) electrons. The molecular weight excluding hydrogens is 464 g/mol. The van der Waals surface area contributed by atoms with Crippen molar-refractivity contribution < 1.29 is 0 Å². The normalized spacial score (nSPS) is 14.3. The highest BCUT2D eigenvalue weighted by Crippen LogP contribution is 2.47. The molecule has 2 heterocycles. The molecular formula is C34H22N4. The Morgan fingerprint density at radius 1 is 0.632 bits per heavy atom. The molecule has 0 N–H and O–H groups in total. The second-order valence-corrected chi connectivity index (χ2v) is 10.3.